The summed E-state index contributed by atoms with van der Waals surface area (Å²) in [5.74, 6) is 1.53. The number of hydrogen-bond donors (Lipinski definition) is 2. The van der Waals surface area contributed by atoms with Gasteiger partial charge in [0.25, 0.3) is 5.91 Å². The van der Waals surface area contributed by atoms with Gasteiger partial charge in [-0.2, -0.15) is 5.10 Å². The predicted octanol–water partition coefficient (Wildman–Crippen LogP) is 7.70. The third-order valence-electron chi connectivity index (χ3n) is 12.2. The van der Waals surface area contributed by atoms with E-state index in [-0.39, 0.29) is 23.5 Å². The van der Waals surface area contributed by atoms with E-state index in [0.717, 1.165) is 70.3 Å². The summed E-state index contributed by atoms with van der Waals surface area (Å²) in [6, 6.07) is 12.6. The van der Waals surface area contributed by atoms with Crippen LogP contribution in [0.2, 0.25) is 5.02 Å². The van der Waals surface area contributed by atoms with Crippen molar-refractivity contribution in [2.75, 3.05) is 38.2 Å². The predicted molar refractivity (Wildman–Crippen MR) is 234 cm³/mol. The molecule has 1 atom stereocenters. The van der Waals surface area contributed by atoms with E-state index in [9.17, 15) is 14.4 Å². The molecule has 13 nitrogen and oxygen atoms in total. The Morgan fingerprint density at radius 2 is 1.75 bits per heavy atom. The van der Waals surface area contributed by atoms with Crippen molar-refractivity contribution in [2.24, 2.45) is 22.1 Å². The summed E-state index contributed by atoms with van der Waals surface area (Å²) in [4.78, 5) is 47.7. The summed E-state index contributed by atoms with van der Waals surface area (Å²) in [5.41, 5.74) is 13.6. The lowest BCUT2D eigenvalue weighted by molar-refractivity contribution is -0.133. The fourth-order valence-electron chi connectivity index (χ4n) is 8.89. The number of piperidine rings is 1. The number of amides is 2. The number of aromatic nitrogens is 5. The normalized spacial score (nSPS) is 17.4. The number of nitrogens with two attached hydrogens (primary N) is 1. The summed E-state index contributed by atoms with van der Waals surface area (Å²) >= 11 is 7.97. The summed E-state index contributed by atoms with van der Waals surface area (Å²) in [6.45, 7) is 15.1. The van der Waals surface area contributed by atoms with E-state index in [1.54, 1.807) is 17.4 Å². The highest BCUT2D eigenvalue weighted by atomic mass is 35.5. The van der Waals surface area contributed by atoms with Gasteiger partial charge >= 0.3 is 0 Å². The highest BCUT2D eigenvalue weighted by Crippen LogP contribution is 2.41. The van der Waals surface area contributed by atoms with Gasteiger partial charge in [0.05, 0.1) is 46.9 Å². The number of benzene rings is 2. The number of halogens is 1. The number of hydrogen-bond acceptors (Lipinski definition) is 10. The Balaban J connectivity index is 0.853. The van der Waals surface area contributed by atoms with Gasteiger partial charge in [0.15, 0.2) is 11.6 Å². The van der Waals surface area contributed by atoms with E-state index in [2.05, 4.69) is 47.8 Å². The van der Waals surface area contributed by atoms with Crippen LogP contribution in [0.3, 0.4) is 0 Å². The Morgan fingerprint density at radius 1 is 1.00 bits per heavy atom. The highest BCUT2D eigenvalue weighted by Gasteiger charge is 2.37. The quantitative estimate of drug-likeness (QED) is 0.121. The topological polar surface area (TPSA) is 163 Å². The van der Waals surface area contributed by atoms with Crippen LogP contribution in [0.4, 0.5) is 5.69 Å². The first-order valence-corrected chi connectivity index (χ1v) is 21.9. The van der Waals surface area contributed by atoms with Crippen LogP contribution in [0, 0.1) is 39.0 Å². The van der Waals surface area contributed by atoms with Gasteiger partial charge in [-0.25, -0.2) is 4.68 Å². The summed E-state index contributed by atoms with van der Waals surface area (Å²) in [7, 11) is 0. The Bertz CT molecular complexity index is 2510. The average Bonchev–Trinajstić information content (AvgIpc) is 3.82. The molecule has 5 heterocycles. The number of carbonyl (C=O) groups excluding carboxylic acids is 3. The van der Waals surface area contributed by atoms with Crippen LogP contribution in [0.5, 0.6) is 0 Å². The van der Waals surface area contributed by atoms with Gasteiger partial charge < -0.3 is 20.7 Å². The molecule has 314 valence electrons. The maximum Gasteiger partial charge on any atom is 0.250 e. The van der Waals surface area contributed by atoms with Crippen LogP contribution in [0.25, 0.3) is 10.7 Å². The van der Waals surface area contributed by atoms with Crippen molar-refractivity contribution in [3.8, 4) is 10.7 Å². The number of ketones is 1. The van der Waals surface area contributed by atoms with Crippen LogP contribution >= 0.6 is 22.9 Å². The first-order chi connectivity index (χ1) is 28.7. The smallest absolute Gasteiger partial charge is 0.250 e. The summed E-state index contributed by atoms with van der Waals surface area (Å²) in [6.07, 6.45) is 4.11. The molecule has 2 amide bonds. The monoisotopic (exact) mass is 849 g/mol. The lowest BCUT2D eigenvalue weighted by atomic mass is 9.75. The molecule has 60 heavy (non-hydrogen) atoms. The molecule has 0 radical (unpaired) electrons. The van der Waals surface area contributed by atoms with Crippen LogP contribution < -0.4 is 11.1 Å². The molecule has 1 fully saturated rings. The van der Waals surface area contributed by atoms with E-state index in [1.165, 1.54) is 4.88 Å². The minimum atomic E-state index is -0.533. The number of nitrogens with one attached hydrogen (secondary N) is 1. The van der Waals surface area contributed by atoms with Gasteiger partial charge in [-0.05, 0) is 101 Å². The number of anilines is 1. The molecular weight excluding hydrogens is 798 g/mol. The average molecular weight is 850 g/mol. The molecule has 15 heteroatoms. The van der Waals surface area contributed by atoms with Gasteiger partial charge in [-0.1, -0.05) is 37.6 Å². The summed E-state index contributed by atoms with van der Waals surface area (Å²) in [5, 5.41) is 18.8. The molecule has 3 N–H and O–H groups in total. The minimum Gasteiger partial charge on any atom is -0.382 e. The van der Waals surface area contributed by atoms with Crippen molar-refractivity contribution in [2.45, 2.75) is 86.1 Å². The lowest BCUT2D eigenvalue weighted by Crippen LogP contribution is -2.39. The van der Waals surface area contributed by atoms with Gasteiger partial charge in [-0.3, -0.25) is 23.9 Å². The molecule has 1 saturated heterocycles. The van der Waals surface area contributed by atoms with Crippen LogP contribution in [-0.4, -0.2) is 85.6 Å². The molecule has 8 rings (SSSR count). The van der Waals surface area contributed by atoms with Gasteiger partial charge in [0.1, 0.15) is 16.9 Å². The third-order valence-corrected chi connectivity index (χ3v) is 13.6. The van der Waals surface area contributed by atoms with Gasteiger partial charge in [-0.15, -0.1) is 21.5 Å². The molecule has 1 aliphatic carbocycles. The van der Waals surface area contributed by atoms with Crippen LogP contribution in [0.1, 0.15) is 117 Å². The zero-order valence-electron chi connectivity index (χ0n) is 35.1. The first-order valence-electron chi connectivity index (χ1n) is 20.7. The van der Waals surface area contributed by atoms with E-state index >= 15 is 0 Å². The molecule has 0 saturated carbocycles. The Morgan fingerprint density at radius 3 is 2.48 bits per heavy atom. The van der Waals surface area contributed by atoms with E-state index in [4.69, 9.17) is 32.2 Å². The molecule has 2 aromatic carbocycles. The van der Waals surface area contributed by atoms with Crippen molar-refractivity contribution >= 4 is 51.9 Å². The second-order valence-electron chi connectivity index (χ2n) is 17.1. The maximum atomic E-state index is 13.9. The largest absolute Gasteiger partial charge is 0.382 e. The fourth-order valence-corrected chi connectivity index (χ4v) is 10.2. The van der Waals surface area contributed by atoms with E-state index < -0.39 is 11.9 Å². The molecule has 3 aromatic heterocycles. The Labute approximate surface area is 359 Å². The summed E-state index contributed by atoms with van der Waals surface area (Å²) < 4.78 is 9.95. The van der Waals surface area contributed by atoms with E-state index in [0.29, 0.717) is 78.5 Å². The lowest BCUT2D eigenvalue weighted by Gasteiger charge is -2.32. The number of nitrogens with zero attached hydrogens (tertiary/aromatic N) is 7. The number of aryl methyl sites for hydroxylation is 3. The number of Topliss-reactive ketones (excluding diaryl/α,β-unsaturated/α-hetero) is 1. The molecule has 0 bridgehead atoms. The Hall–Kier alpha value is -5.18. The zero-order chi connectivity index (χ0) is 42.5. The molecule has 3 aliphatic rings. The van der Waals surface area contributed by atoms with Crippen molar-refractivity contribution in [1.82, 2.24) is 29.4 Å². The molecule has 0 unspecified atom stereocenters. The maximum absolute atomic E-state index is 13.9. The first kappa shape index (κ1) is 41.5. The molecular formula is C45H52ClN9O4S. The minimum absolute atomic E-state index is 0.0599. The zero-order valence-corrected chi connectivity index (χ0v) is 36.7. The standard InChI is InChI=1S/C45H52ClN9O4S/c1-25-27(3)60-44-39(25)41(30-7-9-31(46)10-8-30)49-35(43-51-50-28(4)54(43)44)22-38(57)53-17-13-29(14-18-53)15-19-59-20-16-48-34-21-32(11-12-33(34)42(47)58)55-36-23-45(5,6)24-37(56)40(36)26(2)52-55/h7-12,21,29,35,48H,13-20,22-24H2,1-6H3,(H2,47,58)/t35-/m0/s1. The van der Waals surface area contributed by atoms with Crippen LogP contribution in [0.15, 0.2) is 47.5 Å². The third kappa shape index (κ3) is 8.16. The number of fused-ring (bicyclic) bond motifs is 4. The Kier molecular flexibility index (Phi) is 11.6. The van der Waals surface area contributed by atoms with Gasteiger partial charge in [0, 0.05) is 59.4 Å². The second-order valence-corrected chi connectivity index (χ2v) is 18.8. The molecule has 0 spiro atoms. The highest BCUT2D eigenvalue weighted by molar-refractivity contribution is 7.15. The number of rotatable bonds is 12. The fraction of sp³-hybridized carbons (Fsp3) is 0.444. The number of aliphatic imine (C=N–C) groups is 1. The number of likely N-dealkylation sites (tertiary alicyclic amines) is 1. The van der Waals surface area contributed by atoms with Crippen molar-refractivity contribution < 1.29 is 19.1 Å². The van der Waals surface area contributed by atoms with Gasteiger partial charge in [0.2, 0.25) is 5.91 Å². The van der Waals surface area contributed by atoms with Crippen molar-refractivity contribution in [3.63, 3.8) is 0 Å². The number of primary amides is 1. The SMILES string of the molecule is Cc1nn(-c2ccc(C(N)=O)c(NCCOCCC3CCN(C(=O)C[C@@H]4N=C(c5ccc(Cl)cc5)c5c(sc(C)c5C)-n5c(C)nnc54)CC3)c2)c2c1C(=O)CC(C)(C)C2. The number of ether oxygens (including phenoxy) is 1. The molecule has 5 aromatic rings. The van der Waals surface area contributed by atoms with E-state index in [1.807, 2.05) is 59.8 Å². The number of carbonyl (C=O) groups is 3. The molecule has 2 aliphatic heterocycles. The van der Waals surface area contributed by atoms with Crippen molar-refractivity contribution in [3.05, 3.63) is 103 Å². The second kappa shape index (κ2) is 16.7. The van der Waals surface area contributed by atoms with Crippen LogP contribution in [-0.2, 0) is 16.0 Å². The number of thiophene rings is 1. The van der Waals surface area contributed by atoms with Crippen molar-refractivity contribution in [1.29, 1.82) is 0 Å².